The van der Waals surface area contributed by atoms with E-state index in [1.165, 1.54) is 5.56 Å². The minimum atomic E-state index is 0.853. The van der Waals surface area contributed by atoms with Gasteiger partial charge in [0.15, 0.2) is 0 Å². The van der Waals surface area contributed by atoms with Crippen LogP contribution in [-0.2, 0) is 0 Å². The number of likely N-dealkylation sites (N-methyl/N-ethyl adjacent to an activating group) is 1. The van der Waals surface area contributed by atoms with Gasteiger partial charge in [-0.3, -0.25) is 0 Å². The summed E-state index contributed by atoms with van der Waals surface area (Å²) in [6.45, 7) is 2.92. The second-order valence-electron chi connectivity index (χ2n) is 3.02. The molecule has 70 valence electrons. The number of benzene rings is 1. The maximum absolute atomic E-state index is 5.78. The first-order chi connectivity index (χ1) is 6.25. The van der Waals surface area contributed by atoms with Crippen molar-refractivity contribution in [2.45, 2.75) is 6.92 Å². The number of nitrogens with one attached hydrogen (secondary N) is 1. The summed E-state index contributed by atoms with van der Waals surface area (Å²) in [6, 6.07) is 5.96. The number of nitrogen functional groups attached to an aromatic ring is 1. The molecule has 0 saturated carbocycles. The van der Waals surface area contributed by atoms with Gasteiger partial charge in [-0.15, -0.1) is 0 Å². The van der Waals surface area contributed by atoms with Crippen molar-refractivity contribution in [3.8, 4) is 0 Å². The third-order valence-corrected chi connectivity index (χ3v) is 2.04. The van der Waals surface area contributed by atoms with Crippen molar-refractivity contribution in [2.75, 3.05) is 19.3 Å². The zero-order chi connectivity index (χ0) is 9.68. The fourth-order valence-electron chi connectivity index (χ4n) is 1.16. The largest absolute Gasteiger partial charge is 0.398 e. The van der Waals surface area contributed by atoms with E-state index in [-0.39, 0.29) is 0 Å². The van der Waals surface area contributed by atoms with Crippen molar-refractivity contribution in [2.24, 2.45) is 0 Å². The summed E-state index contributed by atoms with van der Waals surface area (Å²) in [5, 5.41) is 3.05. The Morgan fingerprint density at radius 2 is 2.23 bits per heavy atom. The lowest BCUT2D eigenvalue weighted by Crippen LogP contribution is -2.03. The van der Waals surface area contributed by atoms with Crippen LogP contribution in [0, 0.1) is 6.92 Å². The Balaban J connectivity index is 2.83. The molecule has 2 nitrogen and oxygen atoms in total. The van der Waals surface area contributed by atoms with Crippen LogP contribution in [0.3, 0.4) is 0 Å². The van der Waals surface area contributed by atoms with Crippen LogP contribution in [0.4, 0.5) is 5.69 Å². The molecule has 0 bridgehead atoms. The third kappa shape index (κ3) is 2.60. The average Bonchev–Trinajstić information content (AvgIpc) is 2.13. The summed E-state index contributed by atoms with van der Waals surface area (Å²) >= 11 is 0. The Labute approximate surface area is 79.5 Å². The molecule has 0 saturated heterocycles. The molecule has 0 spiro atoms. The van der Waals surface area contributed by atoms with Crippen LogP contribution in [-0.4, -0.2) is 13.6 Å². The number of hydrogen-bond acceptors (Lipinski definition) is 2. The number of rotatable bonds is 3. The van der Waals surface area contributed by atoms with Gasteiger partial charge in [0.1, 0.15) is 0 Å². The van der Waals surface area contributed by atoms with E-state index in [1.807, 2.05) is 26.1 Å². The van der Waals surface area contributed by atoms with E-state index in [9.17, 15) is 0 Å². The van der Waals surface area contributed by atoms with Crippen molar-refractivity contribution in [1.29, 1.82) is 0 Å². The second kappa shape index (κ2) is 4.67. The SMILES string of the molecule is CNCC=Cc1cccc(N)c1C. The predicted molar refractivity (Wildman–Crippen MR) is 58.6 cm³/mol. The van der Waals surface area contributed by atoms with E-state index < -0.39 is 0 Å². The molecule has 2 heteroatoms. The first kappa shape index (κ1) is 9.81. The monoisotopic (exact) mass is 176 g/mol. The minimum Gasteiger partial charge on any atom is -0.398 e. The minimum absolute atomic E-state index is 0.853. The lowest BCUT2D eigenvalue weighted by molar-refractivity contribution is 0.922. The van der Waals surface area contributed by atoms with E-state index in [2.05, 4.69) is 23.5 Å². The smallest absolute Gasteiger partial charge is 0.0349 e. The maximum Gasteiger partial charge on any atom is 0.0349 e. The molecule has 0 aromatic heterocycles. The highest BCUT2D eigenvalue weighted by molar-refractivity contribution is 5.62. The summed E-state index contributed by atoms with van der Waals surface area (Å²) < 4.78 is 0. The molecule has 0 heterocycles. The van der Waals surface area contributed by atoms with E-state index in [1.54, 1.807) is 0 Å². The van der Waals surface area contributed by atoms with Crippen molar-refractivity contribution in [1.82, 2.24) is 5.32 Å². The maximum atomic E-state index is 5.78. The molecule has 0 radical (unpaired) electrons. The van der Waals surface area contributed by atoms with Crippen molar-refractivity contribution >= 4 is 11.8 Å². The van der Waals surface area contributed by atoms with Crippen LogP contribution in [0.2, 0.25) is 0 Å². The molecule has 1 aromatic rings. The zero-order valence-electron chi connectivity index (χ0n) is 8.17. The van der Waals surface area contributed by atoms with E-state index in [4.69, 9.17) is 5.73 Å². The fraction of sp³-hybridized carbons (Fsp3) is 0.273. The van der Waals surface area contributed by atoms with Crippen molar-refractivity contribution < 1.29 is 0 Å². The highest BCUT2D eigenvalue weighted by Gasteiger charge is 1.95. The third-order valence-electron chi connectivity index (χ3n) is 2.04. The average molecular weight is 176 g/mol. The van der Waals surface area contributed by atoms with E-state index in [0.717, 1.165) is 17.8 Å². The van der Waals surface area contributed by atoms with Crippen molar-refractivity contribution in [3.05, 3.63) is 35.4 Å². The zero-order valence-corrected chi connectivity index (χ0v) is 8.17. The molecule has 0 amide bonds. The Hall–Kier alpha value is -1.28. The molecular weight excluding hydrogens is 160 g/mol. The van der Waals surface area contributed by atoms with Crippen molar-refractivity contribution in [3.63, 3.8) is 0 Å². The van der Waals surface area contributed by atoms with Crippen LogP contribution in [0.25, 0.3) is 6.08 Å². The fourth-order valence-corrected chi connectivity index (χ4v) is 1.16. The van der Waals surface area contributed by atoms with Gasteiger partial charge in [-0.1, -0.05) is 24.3 Å². The standard InChI is InChI=1S/C11H16N2/c1-9-10(6-4-8-13-2)5-3-7-11(9)12/h3-7,13H,8,12H2,1-2H3. The predicted octanol–water partition coefficient (Wildman–Crippen LogP) is 1.81. The van der Waals surface area contributed by atoms with Gasteiger partial charge in [-0.2, -0.15) is 0 Å². The Morgan fingerprint density at radius 1 is 1.46 bits per heavy atom. The Kier molecular flexibility index (Phi) is 3.53. The normalized spacial score (nSPS) is 10.9. The van der Waals surface area contributed by atoms with Crippen LogP contribution in [0.1, 0.15) is 11.1 Å². The highest BCUT2D eigenvalue weighted by Crippen LogP contribution is 2.16. The number of hydrogen-bond donors (Lipinski definition) is 2. The lowest BCUT2D eigenvalue weighted by atomic mass is 10.1. The molecule has 0 aliphatic heterocycles. The van der Waals surface area contributed by atoms with Crippen LogP contribution in [0.5, 0.6) is 0 Å². The van der Waals surface area contributed by atoms with Gasteiger partial charge in [0.2, 0.25) is 0 Å². The Morgan fingerprint density at radius 3 is 2.92 bits per heavy atom. The van der Waals surface area contributed by atoms with Gasteiger partial charge in [0, 0.05) is 12.2 Å². The summed E-state index contributed by atoms with van der Waals surface area (Å²) in [5.41, 5.74) is 8.97. The molecular formula is C11H16N2. The molecule has 0 unspecified atom stereocenters. The van der Waals surface area contributed by atoms with E-state index in [0.29, 0.717) is 0 Å². The number of nitrogens with two attached hydrogens (primary N) is 1. The van der Waals surface area contributed by atoms with Gasteiger partial charge in [-0.25, -0.2) is 0 Å². The van der Waals surface area contributed by atoms with Crippen LogP contribution in [0.15, 0.2) is 24.3 Å². The summed E-state index contributed by atoms with van der Waals surface area (Å²) in [7, 11) is 1.93. The van der Waals surface area contributed by atoms with Gasteiger partial charge >= 0.3 is 0 Å². The second-order valence-corrected chi connectivity index (χ2v) is 3.02. The first-order valence-electron chi connectivity index (χ1n) is 4.42. The summed E-state index contributed by atoms with van der Waals surface area (Å²) in [6.07, 6.45) is 4.17. The first-order valence-corrected chi connectivity index (χ1v) is 4.42. The Bertz CT molecular complexity index is 303. The van der Waals surface area contributed by atoms with Crippen LogP contribution >= 0.6 is 0 Å². The molecule has 1 rings (SSSR count). The van der Waals surface area contributed by atoms with Crippen LogP contribution < -0.4 is 11.1 Å². The summed E-state index contributed by atoms with van der Waals surface area (Å²) in [4.78, 5) is 0. The quantitative estimate of drug-likeness (QED) is 0.689. The topological polar surface area (TPSA) is 38.0 Å². The molecule has 0 fully saturated rings. The lowest BCUT2D eigenvalue weighted by Gasteiger charge is -2.03. The van der Waals surface area contributed by atoms with Gasteiger partial charge in [0.25, 0.3) is 0 Å². The van der Waals surface area contributed by atoms with Gasteiger partial charge in [0.05, 0.1) is 0 Å². The van der Waals surface area contributed by atoms with E-state index >= 15 is 0 Å². The molecule has 0 atom stereocenters. The summed E-state index contributed by atoms with van der Waals surface area (Å²) in [5.74, 6) is 0. The molecule has 0 aliphatic carbocycles. The molecule has 13 heavy (non-hydrogen) atoms. The van der Waals surface area contributed by atoms with Gasteiger partial charge in [-0.05, 0) is 31.2 Å². The van der Waals surface area contributed by atoms with Gasteiger partial charge < -0.3 is 11.1 Å². The highest BCUT2D eigenvalue weighted by atomic mass is 14.8. The molecule has 0 aliphatic rings. The number of anilines is 1. The molecule has 1 aromatic carbocycles. The molecule has 3 N–H and O–H groups in total.